The van der Waals surface area contributed by atoms with Crippen molar-refractivity contribution in [2.24, 2.45) is 5.73 Å². The van der Waals surface area contributed by atoms with Crippen molar-refractivity contribution in [3.8, 4) is 0 Å². The lowest BCUT2D eigenvalue weighted by molar-refractivity contribution is -0.143. The zero-order chi connectivity index (χ0) is 24.4. The predicted octanol–water partition coefficient (Wildman–Crippen LogP) is 5.19. The van der Waals surface area contributed by atoms with Gasteiger partial charge in [0, 0.05) is 12.0 Å². The molecule has 1 aliphatic carbocycles. The lowest BCUT2D eigenvalue weighted by atomic mass is 9.92. The van der Waals surface area contributed by atoms with Gasteiger partial charge in [0.1, 0.15) is 0 Å². The predicted molar refractivity (Wildman–Crippen MR) is 109 cm³/mol. The summed E-state index contributed by atoms with van der Waals surface area (Å²) in [6.07, 6.45) is -10.3. The molecule has 3 rings (SSSR count). The van der Waals surface area contributed by atoms with E-state index in [1.807, 2.05) is 30.3 Å². The molecule has 1 amide bonds. The van der Waals surface area contributed by atoms with Crippen LogP contribution in [0.15, 0.2) is 48.5 Å². The van der Waals surface area contributed by atoms with E-state index in [0.717, 1.165) is 5.56 Å². The Hall–Kier alpha value is -2.59. The molecule has 2 aromatic rings. The summed E-state index contributed by atoms with van der Waals surface area (Å²) in [5, 5.41) is 3.08. The Morgan fingerprint density at radius 3 is 2.12 bits per heavy atom. The van der Waals surface area contributed by atoms with Crippen LogP contribution in [0.2, 0.25) is 0 Å². The number of nitrogens with one attached hydrogen (secondary N) is 1. The zero-order valence-electron chi connectivity index (χ0n) is 17.7. The molecule has 180 valence electrons. The lowest BCUT2D eigenvalue weighted by Crippen LogP contribution is -2.39. The minimum absolute atomic E-state index is 0.0567. The summed E-state index contributed by atoms with van der Waals surface area (Å²) >= 11 is 0. The summed E-state index contributed by atoms with van der Waals surface area (Å²) in [6.45, 7) is 1.38. The first-order valence-corrected chi connectivity index (χ1v) is 10.4. The molecule has 0 spiro atoms. The Morgan fingerprint density at radius 1 is 1.03 bits per heavy atom. The van der Waals surface area contributed by atoms with Crippen molar-refractivity contribution >= 4 is 5.91 Å². The Morgan fingerprint density at radius 2 is 1.61 bits per heavy atom. The fourth-order valence-corrected chi connectivity index (χ4v) is 4.25. The molecule has 0 heterocycles. The molecule has 1 unspecified atom stereocenters. The van der Waals surface area contributed by atoms with Crippen molar-refractivity contribution in [3.63, 3.8) is 0 Å². The number of hydrogen-bond donors (Lipinski definition) is 2. The molecule has 0 aromatic heterocycles. The normalized spacial score (nSPS) is 22.3. The molecule has 1 fully saturated rings. The Bertz CT molecular complexity index is 929. The second-order valence-electron chi connectivity index (χ2n) is 8.12. The largest absolute Gasteiger partial charge is 0.416 e. The minimum Gasteiger partial charge on any atom is -0.370 e. The van der Waals surface area contributed by atoms with Crippen molar-refractivity contribution in [3.05, 3.63) is 70.8 Å². The number of alkyl halides is 6. The summed E-state index contributed by atoms with van der Waals surface area (Å²) in [5.41, 5.74) is 3.14. The minimum atomic E-state index is -4.93. The number of benzene rings is 2. The van der Waals surface area contributed by atoms with Gasteiger partial charge in [-0.25, -0.2) is 0 Å². The second kappa shape index (κ2) is 9.72. The lowest BCUT2D eigenvalue weighted by Gasteiger charge is -2.29. The first-order valence-electron chi connectivity index (χ1n) is 10.4. The molecule has 0 radical (unpaired) electrons. The van der Waals surface area contributed by atoms with E-state index in [9.17, 15) is 31.1 Å². The Kier molecular flexibility index (Phi) is 7.38. The van der Waals surface area contributed by atoms with E-state index >= 15 is 0 Å². The van der Waals surface area contributed by atoms with Crippen molar-refractivity contribution in [1.82, 2.24) is 5.32 Å². The highest BCUT2D eigenvalue weighted by molar-refractivity contribution is 5.75. The van der Waals surface area contributed by atoms with Crippen LogP contribution >= 0.6 is 0 Å². The maximum absolute atomic E-state index is 13.2. The van der Waals surface area contributed by atoms with E-state index < -0.39 is 41.6 Å². The van der Waals surface area contributed by atoms with E-state index in [2.05, 4.69) is 5.32 Å². The molecule has 3 N–H and O–H groups in total. The third-order valence-corrected chi connectivity index (χ3v) is 5.78. The molecular formula is C23H24F6N2O2. The molecule has 0 bridgehead atoms. The SMILES string of the molecule is C[C@@H](O[C@H]1CC[C@@H](NCC(N)=O)C1c1ccccc1)c1cc(C(F)(F)F)cc(C(F)(F)F)c1. The van der Waals surface area contributed by atoms with Crippen LogP contribution in [0.3, 0.4) is 0 Å². The first kappa shape index (κ1) is 25.0. The summed E-state index contributed by atoms with van der Waals surface area (Å²) in [6, 6.07) is 10.5. The summed E-state index contributed by atoms with van der Waals surface area (Å²) in [7, 11) is 0. The van der Waals surface area contributed by atoms with Crippen LogP contribution in [-0.2, 0) is 21.9 Å². The van der Waals surface area contributed by atoms with Crippen molar-refractivity contribution < 1.29 is 35.9 Å². The first-order chi connectivity index (χ1) is 15.4. The highest BCUT2D eigenvalue weighted by atomic mass is 19.4. The van der Waals surface area contributed by atoms with Gasteiger partial charge in [-0.15, -0.1) is 0 Å². The van der Waals surface area contributed by atoms with Gasteiger partial charge in [0.2, 0.25) is 5.91 Å². The quantitative estimate of drug-likeness (QED) is 0.543. The summed E-state index contributed by atoms with van der Waals surface area (Å²) in [4.78, 5) is 11.2. The molecule has 33 heavy (non-hydrogen) atoms. The monoisotopic (exact) mass is 474 g/mol. The van der Waals surface area contributed by atoms with Gasteiger partial charge >= 0.3 is 12.4 Å². The van der Waals surface area contributed by atoms with Gasteiger partial charge in [-0.05, 0) is 49.1 Å². The van der Waals surface area contributed by atoms with E-state index in [1.165, 1.54) is 6.92 Å². The van der Waals surface area contributed by atoms with Crippen molar-refractivity contribution in [2.75, 3.05) is 6.54 Å². The number of nitrogens with two attached hydrogens (primary N) is 1. The Balaban J connectivity index is 1.89. The Labute approximate surface area is 187 Å². The molecular weight excluding hydrogens is 450 g/mol. The van der Waals surface area contributed by atoms with Gasteiger partial charge in [-0.1, -0.05) is 30.3 Å². The molecule has 1 saturated carbocycles. The maximum atomic E-state index is 13.2. The maximum Gasteiger partial charge on any atom is 0.416 e. The van der Waals surface area contributed by atoms with E-state index in [-0.39, 0.29) is 30.1 Å². The summed E-state index contributed by atoms with van der Waals surface area (Å²) < 4.78 is 85.5. The summed E-state index contributed by atoms with van der Waals surface area (Å²) in [5.74, 6) is -0.802. The second-order valence-corrected chi connectivity index (χ2v) is 8.12. The fourth-order valence-electron chi connectivity index (χ4n) is 4.25. The van der Waals surface area contributed by atoms with Crippen LogP contribution in [0, 0.1) is 0 Å². The van der Waals surface area contributed by atoms with Crippen LogP contribution in [0.5, 0.6) is 0 Å². The molecule has 1 aliphatic rings. The molecule has 10 heteroatoms. The van der Waals surface area contributed by atoms with Crippen LogP contribution in [0.4, 0.5) is 26.3 Å². The van der Waals surface area contributed by atoms with Gasteiger partial charge in [0.15, 0.2) is 0 Å². The average molecular weight is 474 g/mol. The van der Waals surface area contributed by atoms with E-state index in [0.29, 0.717) is 25.0 Å². The van der Waals surface area contributed by atoms with Crippen LogP contribution in [0.25, 0.3) is 0 Å². The molecule has 0 saturated heterocycles. The molecule has 0 aliphatic heterocycles. The molecule has 4 nitrogen and oxygen atoms in total. The van der Waals surface area contributed by atoms with Crippen LogP contribution in [0.1, 0.15) is 54.0 Å². The number of halogens is 6. The number of carbonyl (C=O) groups excluding carboxylic acids is 1. The van der Waals surface area contributed by atoms with Gasteiger partial charge in [-0.2, -0.15) is 26.3 Å². The fraction of sp³-hybridized carbons (Fsp3) is 0.435. The van der Waals surface area contributed by atoms with E-state index in [1.54, 1.807) is 0 Å². The number of hydrogen-bond acceptors (Lipinski definition) is 3. The van der Waals surface area contributed by atoms with Gasteiger partial charge in [0.25, 0.3) is 0 Å². The molecule has 4 atom stereocenters. The number of amides is 1. The van der Waals surface area contributed by atoms with Crippen molar-refractivity contribution in [1.29, 1.82) is 0 Å². The number of carbonyl (C=O) groups is 1. The number of primary amides is 1. The van der Waals surface area contributed by atoms with Crippen molar-refractivity contribution in [2.45, 2.75) is 56.3 Å². The zero-order valence-corrected chi connectivity index (χ0v) is 17.7. The van der Waals surface area contributed by atoms with Gasteiger partial charge < -0.3 is 15.8 Å². The van der Waals surface area contributed by atoms with Crippen LogP contribution < -0.4 is 11.1 Å². The van der Waals surface area contributed by atoms with Gasteiger partial charge in [-0.3, -0.25) is 4.79 Å². The standard InChI is InChI=1S/C23H24F6N2O2/c1-13(15-9-16(22(24,25)26)11-17(10-15)23(27,28)29)33-19-8-7-18(31-12-20(30)32)21(19)14-5-3-2-4-6-14/h2-6,9-11,13,18-19,21,31H,7-8,12H2,1H3,(H2,30,32)/t13-,18-,19+,21?/m1/s1. The number of rotatable bonds is 7. The third-order valence-electron chi connectivity index (χ3n) is 5.78. The molecule has 2 aromatic carbocycles. The smallest absolute Gasteiger partial charge is 0.370 e. The average Bonchev–Trinajstić information content (AvgIpc) is 3.13. The van der Waals surface area contributed by atoms with E-state index in [4.69, 9.17) is 10.5 Å². The van der Waals surface area contributed by atoms with Gasteiger partial charge in [0.05, 0.1) is 29.9 Å². The topological polar surface area (TPSA) is 64.3 Å². The third kappa shape index (κ3) is 6.26. The van der Waals surface area contributed by atoms with Crippen LogP contribution in [-0.4, -0.2) is 24.6 Å². The highest BCUT2D eigenvalue weighted by Crippen LogP contribution is 2.41. The number of ether oxygens (including phenoxy) is 1. The highest BCUT2D eigenvalue weighted by Gasteiger charge is 2.40.